The summed E-state index contributed by atoms with van der Waals surface area (Å²) in [5.41, 5.74) is 3.06. The Bertz CT molecular complexity index is 809. The SMILES string of the molecule is CC(=O)N(CCNC(=O)Cc1cccc(C)c1)c1ccccc1C#N. The van der Waals surface area contributed by atoms with Crippen LogP contribution in [0.4, 0.5) is 5.69 Å². The Morgan fingerprint density at radius 3 is 2.60 bits per heavy atom. The molecule has 25 heavy (non-hydrogen) atoms. The number of rotatable bonds is 6. The highest BCUT2D eigenvalue weighted by atomic mass is 16.2. The summed E-state index contributed by atoms with van der Waals surface area (Å²) in [5.74, 6) is -0.265. The number of hydrogen-bond acceptors (Lipinski definition) is 3. The maximum Gasteiger partial charge on any atom is 0.224 e. The van der Waals surface area contributed by atoms with Crippen LogP contribution in [-0.2, 0) is 16.0 Å². The van der Waals surface area contributed by atoms with Crippen LogP contribution in [0.2, 0.25) is 0 Å². The van der Waals surface area contributed by atoms with Crippen LogP contribution in [0, 0.1) is 18.3 Å². The number of benzene rings is 2. The van der Waals surface area contributed by atoms with Gasteiger partial charge in [-0.15, -0.1) is 0 Å². The van der Waals surface area contributed by atoms with Gasteiger partial charge in [0.2, 0.25) is 11.8 Å². The van der Waals surface area contributed by atoms with Gasteiger partial charge in [-0.05, 0) is 24.6 Å². The number of hydrogen-bond donors (Lipinski definition) is 1. The molecule has 2 aromatic carbocycles. The molecule has 0 unspecified atom stereocenters. The highest BCUT2D eigenvalue weighted by molar-refractivity contribution is 5.93. The lowest BCUT2D eigenvalue weighted by molar-refractivity contribution is -0.121. The van der Waals surface area contributed by atoms with Crippen LogP contribution in [0.1, 0.15) is 23.6 Å². The monoisotopic (exact) mass is 335 g/mol. The van der Waals surface area contributed by atoms with Gasteiger partial charge in [0.15, 0.2) is 0 Å². The van der Waals surface area contributed by atoms with Crippen molar-refractivity contribution in [3.8, 4) is 6.07 Å². The van der Waals surface area contributed by atoms with E-state index in [4.69, 9.17) is 0 Å². The molecule has 128 valence electrons. The van der Waals surface area contributed by atoms with Crippen molar-refractivity contribution in [2.24, 2.45) is 0 Å². The van der Waals surface area contributed by atoms with E-state index in [-0.39, 0.29) is 11.8 Å². The molecule has 0 aliphatic rings. The molecule has 5 nitrogen and oxygen atoms in total. The second-order valence-corrected chi connectivity index (χ2v) is 5.82. The molecule has 1 N–H and O–H groups in total. The van der Waals surface area contributed by atoms with Crippen LogP contribution in [0.25, 0.3) is 0 Å². The minimum atomic E-state index is -0.171. The second-order valence-electron chi connectivity index (χ2n) is 5.82. The van der Waals surface area contributed by atoms with Gasteiger partial charge in [0.1, 0.15) is 6.07 Å². The molecule has 2 rings (SSSR count). The molecule has 0 saturated carbocycles. The van der Waals surface area contributed by atoms with Crippen LogP contribution >= 0.6 is 0 Å². The van der Waals surface area contributed by atoms with Crippen molar-refractivity contribution in [2.45, 2.75) is 20.3 Å². The predicted molar refractivity (Wildman–Crippen MR) is 97.1 cm³/mol. The number of aryl methyl sites for hydroxylation is 1. The number of nitrogens with one attached hydrogen (secondary N) is 1. The Hall–Kier alpha value is -3.13. The Balaban J connectivity index is 1.95. The van der Waals surface area contributed by atoms with Gasteiger partial charge in [-0.3, -0.25) is 9.59 Å². The van der Waals surface area contributed by atoms with Crippen LogP contribution in [0.5, 0.6) is 0 Å². The lowest BCUT2D eigenvalue weighted by atomic mass is 10.1. The van der Waals surface area contributed by atoms with Crippen molar-refractivity contribution >= 4 is 17.5 Å². The molecule has 2 aromatic rings. The molecule has 0 spiro atoms. The minimum absolute atomic E-state index is 0.0947. The molecule has 0 atom stereocenters. The first-order chi connectivity index (χ1) is 12.0. The Morgan fingerprint density at radius 2 is 1.92 bits per heavy atom. The van der Waals surface area contributed by atoms with Crippen LogP contribution in [-0.4, -0.2) is 24.9 Å². The molecule has 0 aliphatic carbocycles. The van der Waals surface area contributed by atoms with Crippen LogP contribution < -0.4 is 10.2 Å². The quantitative estimate of drug-likeness (QED) is 0.882. The molecule has 0 heterocycles. The summed E-state index contributed by atoms with van der Waals surface area (Å²) >= 11 is 0. The van der Waals surface area contributed by atoms with Crippen molar-refractivity contribution in [3.05, 3.63) is 65.2 Å². The first kappa shape index (κ1) is 18.2. The lowest BCUT2D eigenvalue weighted by Gasteiger charge is -2.22. The van der Waals surface area contributed by atoms with Crippen LogP contribution in [0.15, 0.2) is 48.5 Å². The lowest BCUT2D eigenvalue weighted by Crippen LogP contribution is -2.38. The number of carbonyl (C=O) groups is 2. The third-order valence-corrected chi connectivity index (χ3v) is 3.80. The van der Waals surface area contributed by atoms with E-state index in [2.05, 4.69) is 11.4 Å². The highest BCUT2D eigenvalue weighted by Crippen LogP contribution is 2.19. The fourth-order valence-electron chi connectivity index (χ4n) is 2.63. The van der Waals surface area contributed by atoms with Gasteiger partial charge in [-0.1, -0.05) is 42.0 Å². The molecule has 0 bridgehead atoms. The number of nitrogens with zero attached hydrogens (tertiary/aromatic N) is 2. The topological polar surface area (TPSA) is 73.2 Å². The Morgan fingerprint density at radius 1 is 1.16 bits per heavy atom. The molecule has 0 saturated heterocycles. The normalized spacial score (nSPS) is 9.96. The van der Waals surface area contributed by atoms with E-state index in [1.54, 1.807) is 24.3 Å². The molecule has 0 fully saturated rings. The van der Waals surface area contributed by atoms with Gasteiger partial charge in [-0.25, -0.2) is 0 Å². The fraction of sp³-hybridized carbons (Fsp3) is 0.250. The van der Waals surface area contributed by atoms with Crippen LogP contribution in [0.3, 0.4) is 0 Å². The van der Waals surface area contributed by atoms with Gasteiger partial charge < -0.3 is 10.2 Å². The van der Waals surface area contributed by atoms with E-state index in [0.717, 1.165) is 11.1 Å². The smallest absolute Gasteiger partial charge is 0.224 e. The minimum Gasteiger partial charge on any atom is -0.354 e. The van der Waals surface area contributed by atoms with Crippen molar-refractivity contribution in [1.29, 1.82) is 5.26 Å². The maximum atomic E-state index is 12.1. The summed E-state index contributed by atoms with van der Waals surface area (Å²) in [5, 5.41) is 12.0. The zero-order chi connectivity index (χ0) is 18.2. The van der Waals surface area contributed by atoms with Gasteiger partial charge in [0.05, 0.1) is 17.7 Å². The third kappa shape index (κ3) is 5.18. The molecule has 5 heteroatoms. The molecule has 0 aromatic heterocycles. The Kier molecular flexibility index (Phi) is 6.30. The first-order valence-corrected chi connectivity index (χ1v) is 8.10. The van der Waals surface area contributed by atoms with E-state index < -0.39 is 0 Å². The standard InChI is InChI=1S/C20H21N3O2/c1-15-6-5-7-17(12-15)13-20(25)22-10-11-23(16(2)24)19-9-4-3-8-18(19)14-21/h3-9,12H,10-11,13H2,1-2H3,(H,22,25). The van der Waals surface area contributed by atoms with Gasteiger partial charge in [0.25, 0.3) is 0 Å². The summed E-state index contributed by atoms with van der Waals surface area (Å²) in [4.78, 5) is 25.5. The third-order valence-electron chi connectivity index (χ3n) is 3.80. The van der Waals surface area contributed by atoms with Crippen molar-refractivity contribution < 1.29 is 9.59 Å². The van der Waals surface area contributed by atoms with Gasteiger partial charge >= 0.3 is 0 Å². The number of anilines is 1. The zero-order valence-electron chi connectivity index (χ0n) is 14.5. The summed E-state index contributed by atoms with van der Waals surface area (Å²) in [6.07, 6.45) is 0.302. The molecular formula is C20H21N3O2. The largest absolute Gasteiger partial charge is 0.354 e. The molecular weight excluding hydrogens is 314 g/mol. The van der Waals surface area contributed by atoms with Crippen molar-refractivity contribution in [1.82, 2.24) is 5.32 Å². The van der Waals surface area contributed by atoms with Gasteiger partial charge in [-0.2, -0.15) is 5.26 Å². The van der Waals surface area contributed by atoms with E-state index >= 15 is 0 Å². The van der Waals surface area contributed by atoms with E-state index in [0.29, 0.717) is 30.8 Å². The first-order valence-electron chi connectivity index (χ1n) is 8.10. The second kappa shape index (κ2) is 8.65. The maximum absolute atomic E-state index is 12.1. The number of amides is 2. The summed E-state index contributed by atoms with van der Waals surface area (Å²) < 4.78 is 0. The summed E-state index contributed by atoms with van der Waals surface area (Å²) in [6, 6.07) is 16.8. The predicted octanol–water partition coefficient (Wildman–Crippen LogP) is 2.58. The Labute approximate surface area is 147 Å². The van der Waals surface area contributed by atoms with E-state index in [9.17, 15) is 14.9 Å². The molecule has 0 radical (unpaired) electrons. The fourth-order valence-corrected chi connectivity index (χ4v) is 2.63. The van der Waals surface area contributed by atoms with Gasteiger partial charge in [0, 0.05) is 20.0 Å². The van der Waals surface area contributed by atoms with Crippen molar-refractivity contribution in [2.75, 3.05) is 18.0 Å². The summed E-state index contributed by atoms with van der Waals surface area (Å²) in [7, 11) is 0. The molecule has 2 amide bonds. The van der Waals surface area contributed by atoms with E-state index in [1.165, 1.54) is 11.8 Å². The number of nitriles is 1. The number of para-hydroxylation sites is 1. The van der Waals surface area contributed by atoms with E-state index in [1.807, 2.05) is 31.2 Å². The average molecular weight is 335 g/mol. The highest BCUT2D eigenvalue weighted by Gasteiger charge is 2.15. The summed E-state index contributed by atoms with van der Waals surface area (Å²) in [6.45, 7) is 4.07. The zero-order valence-corrected chi connectivity index (χ0v) is 14.5. The molecule has 0 aliphatic heterocycles. The van der Waals surface area contributed by atoms with Crippen molar-refractivity contribution in [3.63, 3.8) is 0 Å². The average Bonchev–Trinajstić information content (AvgIpc) is 2.58. The number of carbonyl (C=O) groups excluding carboxylic acids is 2.